The molecule has 0 atom stereocenters. The molecular weight excluding hydrogens is 397 g/mol. The minimum Gasteiger partial charge on any atom is -0.378 e. The van der Waals surface area contributed by atoms with Crippen molar-refractivity contribution < 1.29 is 13.9 Å². The number of benzene rings is 2. The number of nitrogens with zero attached hydrogens (tertiary/aromatic N) is 4. The van der Waals surface area contributed by atoms with Crippen LogP contribution in [-0.2, 0) is 4.74 Å². The van der Waals surface area contributed by atoms with Gasteiger partial charge < -0.3 is 15.0 Å². The van der Waals surface area contributed by atoms with Crippen molar-refractivity contribution in [1.82, 2.24) is 15.0 Å². The highest BCUT2D eigenvalue weighted by Crippen LogP contribution is 2.24. The van der Waals surface area contributed by atoms with Crippen LogP contribution >= 0.6 is 11.6 Å². The first-order valence-electron chi connectivity index (χ1n) is 9.15. The number of carbonyl (C=O) groups is 1. The van der Waals surface area contributed by atoms with Crippen LogP contribution in [0.3, 0.4) is 0 Å². The lowest BCUT2D eigenvalue weighted by molar-refractivity contribution is 0.102. The maximum Gasteiger partial charge on any atom is 0.278 e. The second kappa shape index (κ2) is 8.18. The Kier molecular flexibility index (Phi) is 5.46. The normalized spacial score (nSPS) is 14.1. The number of aromatic nitrogens is 3. The Hall–Kier alpha value is -2.97. The molecule has 0 unspecified atom stereocenters. The summed E-state index contributed by atoms with van der Waals surface area (Å²) in [5, 5.41) is 11.2. The van der Waals surface area contributed by atoms with Crippen molar-refractivity contribution in [3.63, 3.8) is 0 Å². The number of carbonyl (C=O) groups excluding carboxylic acids is 1. The maximum absolute atomic E-state index is 14.6. The molecule has 0 saturated carbocycles. The van der Waals surface area contributed by atoms with Gasteiger partial charge in [-0.1, -0.05) is 22.9 Å². The fourth-order valence-electron chi connectivity index (χ4n) is 3.23. The highest BCUT2D eigenvalue weighted by molar-refractivity contribution is 6.30. The minimum absolute atomic E-state index is 0.155. The summed E-state index contributed by atoms with van der Waals surface area (Å²) in [6, 6.07) is 11.7. The lowest BCUT2D eigenvalue weighted by Gasteiger charge is -2.29. The first-order valence-corrected chi connectivity index (χ1v) is 9.52. The third-order valence-electron chi connectivity index (χ3n) is 4.72. The fourth-order valence-corrected chi connectivity index (χ4v) is 3.41. The molecule has 1 saturated heterocycles. The summed E-state index contributed by atoms with van der Waals surface area (Å²) in [5.41, 5.74) is 2.25. The molecule has 1 aromatic heterocycles. The molecule has 150 valence electrons. The molecule has 0 bridgehead atoms. The van der Waals surface area contributed by atoms with Gasteiger partial charge in [0.25, 0.3) is 5.91 Å². The van der Waals surface area contributed by atoms with Crippen molar-refractivity contribution >= 4 is 28.9 Å². The molecule has 7 nitrogen and oxygen atoms in total. The third-order valence-corrected chi connectivity index (χ3v) is 4.95. The lowest BCUT2D eigenvalue weighted by Crippen LogP contribution is -2.36. The van der Waals surface area contributed by atoms with E-state index in [1.54, 1.807) is 37.3 Å². The van der Waals surface area contributed by atoms with Crippen molar-refractivity contribution in [2.24, 2.45) is 0 Å². The van der Waals surface area contributed by atoms with Crippen molar-refractivity contribution in [1.29, 1.82) is 0 Å². The molecule has 29 heavy (non-hydrogen) atoms. The number of rotatable bonds is 4. The maximum atomic E-state index is 14.6. The average molecular weight is 416 g/mol. The van der Waals surface area contributed by atoms with E-state index in [9.17, 15) is 9.18 Å². The predicted molar refractivity (Wildman–Crippen MR) is 108 cm³/mol. The van der Waals surface area contributed by atoms with E-state index in [0.717, 1.165) is 0 Å². The second-order valence-electron chi connectivity index (χ2n) is 6.63. The van der Waals surface area contributed by atoms with Crippen LogP contribution in [0.4, 0.5) is 15.8 Å². The van der Waals surface area contributed by atoms with E-state index in [0.29, 0.717) is 54.1 Å². The van der Waals surface area contributed by atoms with E-state index in [1.165, 1.54) is 10.7 Å². The molecule has 9 heteroatoms. The van der Waals surface area contributed by atoms with Gasteiger partial charge >= 0.3 is 0 Å². The molecule has 4 rings (SSSR count). The first-order chi connectivity index (χ1) is 14.0. The van der Waals surface area contributed by atoms with Gasteiger partial charge in [-0.2, -0.15) is 0 Å². The molecule has 1 fully saturated rings. The van der Waals surface area contributed by atoms with Crippen molar-refractivity contribution in [3.05, 3.63) is 64.7 Å². The Bertz CT molecular complexity index is 1050. The fraction of sp³-hybridized carbons (Fsp3) is 0.250. The van der Waals surface area contributed by atoms with Gasteiger partial charge in [-0.05, 0) is 43.3 Å². The number of halogens is 2. The smallest absolute Gasteiger partial charge is 0.278 e. The van der Waals surface area contributed by atoms with Crippen LogP contribution in [0.2, 0.25) is 5.02 Å². The lowest BCUT2D eigenvalue weighted by atomic mass is 10.2. The van der Waals surface area contributed by atoms with Gasteiger partial charge in [0.05, 0.1) is 30.3 Å². The molecule has 3 aromatic rings. The van der Waals surface area contributed by atoms with Gasteiger partial charge in [0.15, 0.2) is 5.69 Å². The van der Waals surface area contributed by atoms with Gasteiger partial charge in [0.2, 0.25) is 0 Å². The number of hydrogen-bond donors (Lipinski definition) is 1. The summed E-state index contributed by atoms with van der Waals surface area (Å²) in [6.07, 6.45) is 0. The third kappa shape index (κ3) is 4.08. The second-order valence-corrected chi connectivity index (χ2v) is 7.07. The Morgan fingerprint density at radius 2 is 2.00 bits per heavy atom. The number of hydrogen-bond acceptors (Lipinski definition) is 5. The van der Waals surface area contributed by atoms with Crippen molar-refractivity contribution in [3.8, 4) is 5.69 Å². The van der Waals surface area contributed by atoms with Crippen LogP contribution in [0.1, 0.15) is 16.2 Å². The molecular formula is C20H19ClFN5O2. The number of ether oxygens (including phenoxy) is 1. The monoisotopic (exact) mass is 415 g/mol. The first kappa shape index (κ1) is 19.4. The summed E-state index contributed by atoms with van der Waals surface area (Å²) in [6.45, 7) is 4.14. The predicted octanol–water partition coefficient (Wildman–Crippen LogP) is 3.46. The van der Waals surface area contributed by atoms with Gasteiger partial charge in [-0.25, -0.2) is 9.07 Å². The average Bonchev–Trinajstić information content (AvgIpc) is 3.10. The summed E-state index contributed by atoms with van der Waals surface area (Å²) >= 11 is 6.02. The van der Waals surface area contributed by atoms with Crippen LogP contribution in [0, 0.1) is 12.7 Å². The standard InChI is InChI=1S/C20H19ClFN5O2/c1-13-19(24-25-27(13)16-4-2-3-14(21)11-16)20(28)23-15-5-6-18(17(22)12-15)26-7-9-29-10-8-26/h2-6,11-12H,7-10H2,1H3,(H,23,28). The number of nitrogens with one attached hydrogen (secondary N) is 1. The Morgan fingerprint density at radius 3 is 2.72 bits per heavy atom. The van der Waals surface area contributed by atoms with E-state index in [2.05, 4.69) is 15.6 Å². The highest BCUT2D eigenvalue weighted by atomic mass is 35.5. The topological polar surface area (TPSA) is 72.3 Å². The molecule has 0 radical (unpaired) electrons. The molecule has 1 aliphatic rings. The quantitative estimate of drug-likeness (QED) is 0.706. The number of anilines is 2. The van der Waals surface area contributed by atoms with E-state index in [-0.39, 0.29) is 5.69 Å². The molecule has 1 amide bonds. The highest BCUT2D eigenvalue weighted by Gasteiger charge is 2.19. The Morgan fingerprint density at radius 1 is 1.21 bits per heavy atom. The van der Waals surface area contributed by atoms with E-state index >= 15 is 0 Å². The zero-order chi connectivity index (χ0) is 20.4. The van der Waals surface area contributed by atoms with Crippen LogP contribution in [-0.4, -0.2) is 47.2 Å². The van der Waals surface area contributed by atoms with Crippen molar-refractivity contribution in [2.45, 2.75) is 6.92 Å². The summed E-state index contributed by atoms with van der Waals surface area (Å²) in [4.78, 5) is 14.6. The van der Waals surface area contributed by atoms with E-state index in [4.69, 9.17) is 16.3 Å². The number of morpholine rings is 1. The molecule has 0 spiro atoms. The summed E-state index contributed by atoms with van der Waals surface area (Å²) < 4.78 is 21.4. The van der Waals surface area contributed by atoms with E-state index < -0.39 is 11.7 Å². The van der Waals surface area contributed by atoms with Crippen LogP contribution < -0.4 is 10.2 Å². The van der Waals surface area contributed by atoms with Crippen LogP contribution in [0.5, 0.6) is 0 Å². The summed E-state index contributed by atoms with van der Waals surface area (Å²) in [7, 11) is 0. The van der Waals surface area contributed by atoms with Gasteiger partial charge in [-0.15, -0.1) is 5.10 Å². The molecule has 0 aliphatic carbocycles. The largest absolute Gasteiger partial charge is 0.378 e. The zero-order valence-corrected chi connectivity index (χ0v) is 16.5. The van der Waals surface area contributed by atoms with Crippen molar-refractivity contribution in [2.75, 3.05) is 36.5 Å². The molecule has 1 N–H and O–H groups in total. The Balaban J connectivity index is 1.52. The number of amides is 1. The molecule has 2 aromatic carbocycles. The van der Waals surface area contributed by atoms with Gasteiger partial charge in [0.1, 0.15) is 5.82 Å². The SMILES string of the molecule is Cc1c(C(=O)Nc2ccc(N3CCOCC3)c(F)c2)nnn1-c1cccc(Cl)c1. The molecule has 1 aliphatic heterocycles. The van der Waals surface area contributed by atoms with Gasteiger partial charge in [0, 0.05) is 23.8 Å². The Labute approximate surface area is 172 Å². The summed E-state index contributed by atoms with van der Waals surface area (Å²) in [5.74, 6) is -0.863. The van der Waals surface area contributed by atoms with Gasteiger partial charge in [-0.3, -0.25) is 4.79 Å². The zero-order valence-electron chi connectivity index (χ0n) is 15.7. The molecule has 2 heterocycles. The minimum atomic E-state index is -0.464. The van der Waals surface area contributed by atoms with Crippen LogP contribution in [0.15, 0.2) is 42.5 Å². The van der Waals surface area contributed by atoms with E-state index in [1.807, 2.05) is 11.0 Å². The van der Waals surface area contributed by atoms with Crippen LogP contribution in [0.25, 0.3) is 5.69 Å².